The van der Waals surface area contributed by atoms with Crippen molar-refractivity contribution in [1.82, 2.24) is 10.6 Å². The van der Waals surface area contributed by atoms with E-state index in [-0.39, 0.29) is 18.3 Å². The Kier molecular flexibility index (Phi) is 9.73. The number of hydrogen-bond acceptors (Lipinski definition) is 5. The highest BCUT2D eigenvalue weighted by atomic mass is 16.4. The van der Waals surface area contributed by atoms with Gasteiger partial charge in [-0.3, -0.25) is 14.4 Å². The minimum Gasteiger partial charge on any atom is -0.480 e. The molecule has 144 valence electrons. The molecular formula is C16H30N4O5. The Hall–Kier alpha value is -2.16. The minimum absolute atomic E-state index is 0.254. The number of carbonyl (C=O) groups excluding carboxylic acids is 3. The van der Waals surface area contributed by atoms with Gasteiger partial charge in [0, 0.05) is 0 Å². The molecule has 25 heavy (non-hydrogen) atoms. The normalized spacial score (nSPS) is 16.8. The zero-order valence-electron chi connectivity index (χ0n) is 15.2. The Morgan fingerprint density at radius 1 is 0.920 bits per heavy atom. The van der Waals surface area contributed by atoms with Gasteiger partial charge in [0.1, 0.15) is 12.1 Å². The Morgan fingerprint density at radius 2 is 1.36 bits per heavy atom. The third-order valence-corrected chi connectivity index (χ3v) is 4.33. The minimum atomic E-state index is -1.17. The molecule has 0 saturated carbocycles. The number of rotatable bonds is 11. The first kappa shape index (κ1) is 22.8. The van der Waals surface area contributed by atoms with Crippen LogP contribution in [-0.2, 0) is 19.2 Å². The summed E-state index contributed by atoms with van der Waals surface area (Å²) in [6.45, 7) is 7.13. The maximum Gasteiger partial charge on any atom is 0.326 e. The number of primary amides is 1. The van der Waals surface area contributed by atoms with Crippen LogP contribution in [0.5, 0.6) is 0 Å². The van der Waals surface area contributed by atoms with Crippen LogP contribution in [0.25, 0.3) is 0 Å². The van der Waals surface area contributed by atoms with Crippen molar-refractivity contribution in [3.63, 3.8) is 0 Å². The predicted octanol–water partition coefficient (Wildman–Crippen LogP) is -0.664. The summed E-state index contributed by atoms with van der Waals surface area (Å²) in [5, 5.41) is 14.3. The summed E-state index contributed by atoms with van der Waals surface area (Å²) < 4.78 is 0. The molecule has 0 aliphatic carbocycles. The van der Waals surface area contributed by atoms with Crippen LogP contribution in [-0.4, -0.2) is 46.9 Å². The van der Waals surface area contributed by atoms with Crippen molar-refractivity contribution in [2.75, 3.05) is 0 Å². The maximum atomic E-state index is 12.5. The van der Waals surface area contributed by atoms with Gasteiger partial charge >= 0.3 is 5.97 Å². The van der Waals surface area contributed by atoms with E-state index in [2.05, 4.69) is 10.6 Å². The lowest BCUT2D eigenvalue weighted by molar-refractivity contribution is -0.144. The summed E-state index contributed by atoms with van der Waals surface area (Å²) in [5.41, 5.74) is 10.6. The average molecular weight is 358 g/mol. The lowest BCUT2D eigenvalue weighted by Crippen LogP contribution is -2.57. The molecule has 0 fully saturated rings. The molecule has 3 amide bonds. The number of carboxylic acids is 1. The largest absolute Gasteiger partial charge is 0.480 e. The SMILES string of the molecule is CCC(C)C(NC(=O)C(NC(=O)C(N)CC(N)=O)C(C)CC)C(=O)O. The molecule has 0 heterocycles. The van der Waals surface area contributed by atoms with E-state index in [0.29, 0.717) is 12.8 Å². The van der Waals surface area contributed by atoms with Crippen molar-refractivity contribution >= 4 is 23.7 Å². The molecule has 9 heteroatoms. The van der Waals surface area contributed by atoms with Gasteiger partial charge < -0.3 is 27.2 Å². The number of carbonyl (C=O) groups is 4. The molecule has 9 nitrogen and oxygen atoms in total. The van der Waals surface area contributed by atoms with Gasteiger partial charge in [0.15, 0.2) is 0 Å². The van der Waals surface area contributed by atoms with Gasteiger partial charge in [0.2, 0.25) is 17.7 Å². The summed E-state index contributed by atoms with van der Waals surface area (Å²) in [6, 6.07) is -3.18. The van der Waals surface area contributed by atoms with E-state index in [1.165, 1.54) is 0 Å². The molecule has 5 atom stereocenters. The zero-order valence-corrected chi connectivity index (χ0v) is 15.2. The summed E-state index contributed by atoms with van der Waals surface area (Å²) in [4.78, 5) is 46.9. The molecule has 5 unspecified atom stereocenters. The smallest absolute Gasteiger partial charge is 0.326 e. The van der Waals surface area contributed by atoms with Crippen LogP contribution in [0.2, 0.25) is 0 Å². The van der Waals surface area contributed by atoms with Crippen molar-refractivity contribution in [2.24, 2.45) is 23.3 Å². The van der Waals surface area contributed by atoms with Gasteiger partial charge in [-0.1, -0.05) is 40.5 Å². The van der Waals surface area contributed by atoms with E-state index >= 15 is 0 Å². The molecule has 0 aliphatic rings. The van der Waals surface area contributed by atoms with Crippen LogP contribution >= 0.6 is 0 Å². The van der Waals surface area contributed by atoms with Crippen LogP contribution < -0.4 is 22.1 Å². The Labute approximate surface area is 147 Å². The third-order valence-electron chi connectivity index (χ3n) is 4.33. The van der Waals surface area contributed by atoms with Crippen LogP contribution in [0.1, 0.15) is 47.0 Å². The second kappa shape index (κ2) is 10.7. The maximum absolute atomic E-state index is 12.5. The second-order valence-electron chi connectivity index (χ2n) is 6.36. The quantitative estimate of drug-likeness (QED) is 0.329. The van der Waals surface area contributed by atoms with E-state index in [0.717, 1.165) is 0 Å². The van der Waals surface area contributed by atoms with Crippen molar-refractivity contribution in [3.05, 3.63) is 0 Å². The van der Waals surface area contributed by atoms with Gasteiger partial charge in [-0.05, 0) is 11.8 Å². The Balaban J connectivity index is 5.19. The summed E-state index contributed by atoms with van der Waals surface area (Å²) in [6.07, 6.45) is 0.802. The molecule has 0 rings (SSSR count). The van der Waals surface area contributed by atoms with Crippen molar-refractivity contribution in [1.29, 1.82) is 0 Å². The Bertz CT molecular complexity index is 497. The first-order chi connectivity index (χ1) is 11.5. The van der Waals surface area contributed by atoms with Crippen molar-refractivity contribution in [2.45, 2.75) is 65.1 Å². The molecule has 0 aromatic rings. The van der Waals surface area contributed by atoms with E-state index in [1.807, 2.05) is 13.8 Å². The molecule has 0 aliphatic heterocycles. The van der Waals surface area contributed by atoms with Gasteiger partial charge in [-0.15, -0.1) is 0 Å². The number of nitrogens with two attached hydrogens (primary N) is 2. The van der Waals surface area contributed by atoms with Crippen LogP contribution in [0.3, 0.4) is 0 Å². The van der Waals surface area contributed by atoms with Crippen LogP contribution in [0.15, 0.2) is 0 Å². The predicted molar refractivity (Wildman–Crippen MR) is 92.2 cm³/mol. The highest BCUT2D eigenvalue weighted by molar-refractivity contribution is 5.93. The molecule has 0 radical (unpaired) electrons. The molecule has 0 aromatic heterocycles. The summed E-state index contributed by atoms with van der Waals surface area (Å²) in [5.74, 6) is -3.67. The van der Waals surface area contributed by atoms with Crippen molar-refractivity contribution < 1.29 is 24.3 Å². The fraction of sp³-hybridized carbons (Fsp3) is 0.750. The number of carboxylic acid groups (broad SMARTS) is 1. The van der Waals surface area contributed by atoms with E-state index in [4.69, 9.17) is 11.5 Å². The number of nitrogens with one attached hydrogen (secondary N) is 2. The fourth-order valence-corrected chi connectivity index (χ4v) is 2.20. The fourth-order valence-electron chi connectivity index (χ4n) is 2.20. The monoisotopic (exact) mass is 358 g/mol. The molecule has 0 saturated heterocycles. The lowest BCUT2D eigenvalue weighted by Gasteiger charge is -2.28. The van der Waals surface area contributed by atoms with Crippen LogP contribution in [0.4, 0.5) is 0 Å². The van der Waals surface area contributed by atoms with Crippen LogP contribution in [0, 0.1) is 11.8 Å². The number of aliphatic carboxylic acids is 1. The molecule has 0 bridgehead atoms. The third kappa shape index (κ3) is 7.51. The molecular weight excluding hydrogens is 328 g/mol. The van der Waals surface area contributed by atoms with E-state index < -0.39 is 41.8 Å². The highest BCUT2D eigenvalue weighted by Crippen LogP contribution is 2.12. The molecule has 0 aromatic carbocycles. The zero-order chi connectivity index (χ0) is 19.7. The van der Waals surface area contributed by atoms with E-state index in [1.54, 1.807) is 13.8 Å². The van der Waals surface area contributed by atoms with Gasteiger partial charge in [0.05, 0.1) is 12.5 Å². The van der Waals surface area contributed by atoms with Gasteiger partial charge in [-0.25, -0.2) is 4.79 Å². The number of hydrogen-bond donors (Lipinski definition) is 5. The van der Waals surface area contributed by atoms with Crippen molar-refractivity contribution in [3.8, 4) is 0 Å². The summed E-state index contributed by atoms with van der Waals surface area (Å²) in [7, 11) is 0. The molecule has 0 spiro atoms. The first-order valence-corrected chi connectivity index (χ1v) is 8.42. The Morgan fingerprint density at radius 3 is 1.76 bits per heavy atom. The van der Waals surface area contributed by atoms with Gasteiger partial charge in [0.25, 0.3) is 0 Å². The highest BCUT2D eigenvalue weighted by Gasteiger charge is 2.32. The summed E-state index contributed by atoms with van der Waals surface area (Å²) >= 11 is 0. The average Bonchev–Trinajstić information content (AvgIpc) is 2.54. The first-order valence-electron chi connectivity index (χ1n) is 8.42. The molecule has 7 N–H and O–H groups in total. The second-order valence-corrected chi connectivity index (χ2v) is 6.36. The van der Waals surface area contributed by atoms with Gasteiger partial charge in [-0.2, -0.15) is 0 Å². The lowest BCUT2D eigenvalue weighted by atomic mass is 9.95. The standard InChI is InChI=1S/C16H30N4O5/c1-5-8(3)12(19-14(22)10(17)7-11(18)21)15(23)20-13(16(24)25)9(4)6-2/h8-10,12-13H,5-7,17H2,1-4H3,(H2,18,21)(H,19,22)(H,20,23)(H,24,25). The number of amides is 3. The van der Waals surface area contributed by atoms with E-state index in [9.17, 15) is 24.3 Å². The topological polar surface area (TPSA) is 165 Å².